The molecule has 0 bridgehead atoms. The molecule has 1 amide bonds. The molecule has 3 nitrogen and oxygen atoms in total. The van der Waals surface area contributed by atoms with Gasteiger partial charge in [-0.05, 0) is 66.4 Å². The molecular weight excluding hydrogens is 361 g/mol. The van der Waals surface area contributed by atoms with Crippen LogP contribution in [0.3, 0.4) is 0 Å². The van der Waals surface area contributed by atoms with Gasteiger partial charge in [0, 0.05) is 16.3 Å². The monoisotopic (exact) mass is 375 g/mol. The Labute approximate surface area is 154 Å². The zero-order valence-electron chi connectivity index (χ0n) is 13.4. The van der Waals surface area contributed by atoms with Gasteiger partial charge < -0.3 is 10.1 Å². The maximum atomic E-state index is 13.1. The molecule has 0 spiro atoms. The predicted octanol–water partition coefficient (Wildman–Crippen LogP) is 5.68. The highest BCUT2D eigenvalue weighted by Crippen LogP contribution is 2.22. The molecule has 0 aliphatic rings. The lowest BCUT2D eigenvalue weighted by molar-refractivity contribution is 0.103. The second kappa shape index (κ2) is 7.68. The van der Waals surface area contributed by atoms with E-state index in [0.29, 0.717) is 33.5 Å². The van der Waals surface area contributed by atoms with Gasteiger partial charge in [0.05, 0.1) is 4.88 Å². The van der Waals surface area contributed by atoms with Gasteiger partial charge in [0.15, 0.2) is 0 Å². The van der Waals surface area contributed by atoms with Crippen LogP contribution in [0.5, 0.6) is 5.75 Å². The van der Waals surface area contributed by atoms with Gasteiger partial charge in [-0.3, -0.25) is 4.79 Å². The first-order valence-corrected chi connectivity index (χ1v) is 8.80. The summed E-state index contributed by atoms with van der Waals surface area (Å²) < 4.78 is 18.8. The first-order valence-electron chi connectivity index (χ1n) is 7.54. The highest BCUT2D eigenvalue weighted by molar-refractivity contribution is 7.12. The van der Waals surface area contributed by atoms with Crippen molar-refractivity contribution < 1.29 is 13.9 Å². The normalized spacial score (nSPS) is 10.5. The van der Waals surface area contributed by atoms with Crippen molar-refractivity contribution in [2.24, 2.45) is 0 Å². The fourth-order valence-electron chi connectivity index (χ4n) is 2.22. The van der Waals surface area contributed by atoms with Gasteiger partial charge in [0.2, 0.25) is 0 Å². The molecule has 3 aromatic rings. The molecule has 128 valence electrons. The van der Waals surface area contributed by atoms with E-state index in [2.05, 4.69) is 5.32 Å². The molecule has 0 saturated carbocycles. The fraction of sp³-hybridized carbons (Fsp3) is 0.105. The van der Waals surface area contributed by atoms with Gasteiger partial charge in [-0.25, -0.2) is 4.39 Å². The molecule has 0 radical (unpaired) electrons. The number of rotatable bonds is 5. The lowest BCUT2D eigenvalue weighted by Gasteiger charge is -2.07. The van der Waals surface area contributed by atoms with Gasteiger partial charge >= 0.3 is 0 Å². The Morgan fingerprint density at radius 3 is 2.68 bits per heavy atom. The predicted molar refractivity (Wildman–Crippen MR) is 99.2 cm³/mol. The quantitative estimate of drug-likeness (QED) is 0.623. The second-order valence-electron chi connectivity index (χ2n) is 5.48. The molecule has 0 unspecified atom stereocenters. The zero-order valence-corrected chi connectivity index (χ0v) is 15.0. The largest absolute Gasteiger partial charge is 0.489 e. The van der Waals surface area contributed by atoms with Gasteiger partial charge in [0.25, 0.3) is 5.91 Å². The van der Waals surface area contributed by atoms with Gasteiger partial charge in [-0.1, -0.05) is 11.6 Å². The molecule has 1 N–H and O–H groups in total. The number of thiophene rings is 1. The lowest BCUT2D eigenvalue weighted by atomic mass is 10.2. The van der Waals surface area contributed by atoms with Gasteiger partial charge in [-0.15, -0.1) is 11.3 Å². The van der Waals surface area contributed by atoms with Crippen molar-refractivity contribution in [3.05, 3.63) is 80.8 Å². The number of amides is 1. The fourth-order valence-corrected chi connectivity index (χ4v) is 3.14. The number of aryl methyl sites for hydroxylation is 1. The molecule has 2 aromatic carbocycles. The number of anilines is 1. The average molecular weight is 376 g/mol. The van der Waals surface area contributed by atoms with E-state index < -0.39 is 0 Å². The van der Waals surface area contributed by atoms with E-state index in [9.17, 15) is 9.18 Å². The summed E-state index contributed by atoms with van der Waals surface area (Å²) in [5.41, 5.74) is 2.18. The number of ether oxygens (including phenoxy) is 1. The lowest BCUT2D eigenvalue weighted by Crippen LogP contribution is -2.11. The highest BCUT2D eigenvalue weighted by atomic mass is 35.5. The Bertz CT molecular complexity index is 893. The minimum Gasteiger partial charge on any atom is -0.489 e. The van der Waals surface area contributed by atoms with Crippen LogP contribution in [0.25, 0.3) is 0 Å². The summed E-state index contributed by atoms with van der Waals surface area (Å²) in [6, 6.07) is 13.1. The molecule has 0 saturated heterocycles. The molecule has 6 heteroatoms. The molecule has 0 aliphatic heterocycles. The van der Waals surface area contributed by atoms with Gasteiger partial charge in [-0.2, -0.15) is 0 Å². The van der Waals surface area contributed by atoms with Crippen LogP contribution in [-0.4, -0.2) is 5.91 Å². The third-order valence-electron chi connectivity index (χ3n) is 3.53. The number of halogens is 2. The molecule has 25 heavy (non-hydrogen) atoms. The van der Waals surface area contributed by atoms with Crippen LogP contribution >= 0.6 is 22.9 Å². The van der Waals surface area contributed by atoms with E-state index >= 15 is 0 Å². The first-order chi connectivity index (χ1) is 12.0. The van der Waals surface area contributed by atoms with Crippen molar-refractivity contribution in [1.29, 1.82) is 0 Å². The van der Waals surface area contributed by atoms with E-state index in [-0.39, 0.29) is 11.7 Å². The number of carbonyl (C=O) groups excluding carboxylic acids is 1. The van der Waals surface area contributed by atoms with Crippen molar-refractivity contribution in [1.82, 2.24) is 0 Å². The van der Waals surface area contributed by atoms with Crippen LogP contribution in [0.2, 0.25) is 5.02 Å². The highest BCUT2D eigenvalue weighted by Gasteiger charge is 2.11. The van der Waals surface area contributed by atoms with Crippen molar-refractivity contribution in [3.63, 3.8) is 0 Å². The molecule has 1 aromatic heterocycles. The summed E-state index contributed by atoms with van der Waals surface area (Å²) in [7, 11) is 0. The minimum atomic E-state index is -0.326. The van der Waals surface area contributed by atoms with Crippen molar-refractivity contribution in [2.75, 3.05) is 5.32 Å². The summed E-state index contributed by atoms with van der Waals surface area (Å²) >= 11 is 7.17. The summed E-state index contributed by atoms with van der Waals surface area (Å²) in [5.74, 6) is 0.161. The molecule has 0 aliphatic carbocycles. The van der Waals surface area contributed by atoms with Crippen LogP contribution in [0, 0.1) is 12.7 Å². The maximum absolute atomic E-state index is 13.1. The topological polar surface area (TPSA) is 38.3 Å². The van der Waals surface area contributed by atoms with E-state index in [4.69, 9.17) is 16.3 Å². The molecule has 0 atom stereocenters. The van der Waals surface area contributed by atoms with E-state index in [0.717, 1.165) is 5.56 Å². The Morgan fingerprint density at radius 2 is 1.96 bits per heavy atom. The summed E-state index contributed by atoms with van der Waals surface area (Å²) in [5, 5.41) is 5.32. The summed E-state index contributed by atoms with van der Waals surface area (Å²) in [6.45, 7) is 2.11. The van der Waals surface area contributed by atoms with Crippen LogP contribution in [0.4, 0.5) is 10.1 Å². The maximum Gasteiger partial charge on any atom is 0.265 e. The number of nitrogens with one attached hydrogen (secondary N) is 1. The van der Waals surface area contributed by atoms with Crippen LogP contribution in [0.1, 0.15) is 20.8 Å². The number of hydrogen-bond donors (Lipinski definition) is 1. The summed E-state index contributed by atoms with van der Waals surface area (Å²) in [6.07, 6.45) is 0. The molecule has 0 fully saturated rings. The number of hydrogen-bond acceptors (Lipinski definition) is 3. The van der Waals surface area contributed by atoms with E-state index in [1.165, 1.54) is 23.5 Å². The zero-order chi connectivity index (χ0) is 17.8. The third-order valence-corrected chi connectivity index (χ3v) is 4.76. The van der Waals surface area contributed by atoms with Crippen molar-refractivity contribution in [2.45, 2.75) is 13.5 Å². The van der Waals surface area contributed by atoms with Crippen molar-refractivity contribution >= 4 is 34.5 Å². The second-order valence-corrected chi connectivity index (χ2v) is 6.82. The molecule has 3 rings (SSSR count). The smallest absolute Gasteiger partial charge is 0.265 e. The minimum absolute atomic E-state index is 0.225. The van der Waals surface area contributed by atoms with E-state index in [1.54, 1.807) is 43.3 Å². The number of carbonyl (C=O) groups is 1. The first kappa shape index (κ1) is 17.5. The standard InChI is InChI=1S/C19H15ClFNO2S/c1-12-8-15(21)4-7-17(12)22-19(23)18-9-13(11-25-18)10-24-16-5-2-14(20)3-6-16/h2-9,11H,10H2,1H3,(H,22,23). The van der Waals surface area contributed by atoms with Crippen LogP contribution < -0.4 is 10.1 Å². The molecular formula is C19H15ClFNO2S. The molecule has 1 heterocycles. The Morgan fingerprint density at radius 1 is 1.20 bits per heavy atom. The van der Waals surface area contributed by atoms with Gasteiger partial charge in [0.1, 0.15) is 18.2 Å². The Kier molecular flexibility index (Phi) is 5.36. The summed E-state index contributed by atoms with van der Waals surface area (Å²) in [4.78, 5) is 12.9. The average Bonchev–Trinajstić information content (AvgIpc) is 3.06. The van der Waals surface area contributed by atoms with Crippen LogP contribution in [0.15, 0.2) is 53.9 Å². The van der Waals surface area contributed by atoms with E-state index in [1.807, 2.05) is 5.38 Å². The number of benzene rings is 2. The SMILES string of the molecule is Cc1cc(F)ccc1NC(=O)c1cc(COc2ccc(Cl)cc2)cs1. The van der Waals surface area contributed by atoms with Crippen LogP contribution in [-0.2, 0) is 6.61 Å². The third kappa shape index (κ3) is 4.59. The Balaban J connectivity index is 1.62. The Hall–Kier alpha value is -2.37. The van der Waals surface area contributed by atoms with Crippen molar-refractivity contribution in [3.8, 4) is 5.75 Å².